The predicted molar refractivity (Wildman–Crippen MR) is 195 cm³/mol. The van der Waals surface area contributed by atoms with Crippen LogP contribution in [0.25, 0.3) is 0 Å². The third-order valence-corrected chi connectivity index (χ3v) is 8.30. The van der Waals surface area contributed by atoms with Gasteiger partial charge in [0.05, 0.1) is 18.7 Å². The molecule has 0 aliphatic carbocycles. The summed E-state index contributed by atoms with van der Waals surface area (Å²) in [5.74, 6) is -5.59. The number of benzene rings is 3. The summed E-state index contributed by atoms with van der Waals surface area (Å²) < 4.78 is 0. The summed E-state index contributed by atoms with van der Waals surface area (Å²) in [6.45, 7) is 3.95. The van der Waals surface area contributed by atoms with E-state index in [0.29, 0.717) is 11.1 Å². The molecule has 0 bridgehead atoms. The molecule has 15 heteroatoms. The Morgan fingerprint density at radius 1 is 0.604 bits per heavy atom. The molecule has 0 aliphatic rings. The van der Waals surface area contributed by atoms with Crippen LogP contribution >= 0.6 is 0 Å². The van der Waals surface area contributed by atoms with Gasteiger partial charge in [0.15, 0.2) is 6.04 Å². The van der Waals surface area contributed by atoms with Crippen LogP contribution in [-0.2, 0) is 48.0 Å². The van der Waals surface area contributed by atoms with Gasteiger partial charge in [-0.3, -0.25) is 24.0 Å². The smallest absolute Gasteiger partial charge is 0.328 e. The molecular formula is C38H48N6O9. The molecule has 3 aromatic rings. The molecule has 0 fully saturated rings. The standard InChI is InChI=1S/C38H48N6O9/c1-22(2)32(37(51)42-30(19-25-12-8-5-9-13-25)36(50)44-33(23(3)45)38(52)53)43-31(47)21-40-35(49)29(20-26-14-16-27(46)17-15-26)41-34(48)28(39)18-24-10-6-4-7-11-24/h4-17,22-23,28-30,32-33,45-46H,18-21,39H2,1-3H3,(H,40,49)(H,41,48)(H,42,51)(H,43,47)(H,44,50)(H,52,53)/t23-,28+,29+,30+,32+,33+/m1/s1. The van der Waals surface area contributed by atoms with Crippen LogP contribution in [0.1, 0.15) is 37.5 Å². The quantitative estimate of drug-likeness (QED) is 0.0793. The molecule has 0 unspecified atom stereocenters. The average molecular weight is 733 g/mol. The Bertz CT molecular complexity index is 1690. The summed E-state index contributed by atoms with van der Waals surface area (Å²) in [4.78, 5) is 78.0. The second-order valence-electron chi connectivity index (χ2n) is 13.1. The largest absolute Gasteiger partial charge is 0.508 e. The summed E-state index contributed by atoms with van der Waals surface area (Å²) in [6.07, 6.45) is -1.22. The maximum absolute atomic E-state index is 13.5. The molecule has 3 aromatic carbocycles. The Morgan fingerprint density at radius 3 is 1.60 bits per heavy atom. The average Bonchev–Trinajstić information content (AvgIpc) is 3.12. The Hall–Kier alpha value is -5.80. The Balaban J connectivity index is 1.69. The Kier molecular flexibility index (Phi) is 15.9. The molecule has 0 spiro atoms. The molecule has 3 rings (SSSR count). The van der Waals surface area contributed by atoms with Gasteiger partial charge in [-0.25, -0.2) is 4.79 Å². The lowest BCUT2D eigenvalue weighted by molar-refractivity contribution is -0.145. The van der Waals surface area contributed by atoms with E-state index in [1.54, 1.807) is 56.3 Å². The molecule has 0 heterocycles. The van der Waals surface area contributed by atoms with Crippen LogP contribution in [0.5, 0.6) is 5.75 Å². The topological polar surface area (TPSA) is 249 Å². The number of phenols is 1. The predicted octanol–water partition coefficient (Wildman–Crippen LogP) is -0.0758. The zero-order valence-electron chi connectivity index (χ0n) is 29.8. The molecule has 53 heavy (non-hydrogen) atoms. The molecule has 0 aliphatic heterocycles. The Labute approximate surface area is 307 Å². The summed E-state index contributed by atoms with van der Waals surface area (Å²) in [5, 5.41) is 41.6. The van der Waals surface area contributed by atoms with E-state index >= 15 is 0 Å². The van der Waals surface area contributed by atoms with E-state index in [2.05, 4.69) is 26.6 Å². The number of aliphatic hydroxyl groups excluding tert-OH is 1. The summed E-state index contributed by atoms with van der Waals surface area (Å²) in [6, 6.07) is 17.6. The molecule has 10 N–H and O–H groups in total. The van der Waals surface area contributed by atoms with E-state index in [1.807, 2.05) is 30.3 Å². The van der Waals surface area contributed by atoms with Gasteiger partial charge < -0.3 is 47.6 Å². The maximum atomic E-state index is 13.5. The van der Waals surface area contributed by atoms with Crippen molar-refractivity contribution in [3.05, 3.63) is 102 Å². The minimum absolute atomic E-state index is 0.0111. The number of nitrogens with two attached hydrogens (primary N) is 1. The van der Waals surface area contributed by atoms with Crippen LogP contribution in [0.15, 0.2) is 84.9 Å². The summed E-state index contributed by atoms with van der Waals surface area (Å²) in [5.41, 5.74) is 8.24. The third kappa shape index (κ3) is 13.7. The van der Waals surface area contributed by atoms with Crippen LogP contribution in [0.2, 0.25) is 0 Å². The van der Waals surface area contributed by atoms with E-state index in [4.69, 9.17) is 5.73 Å². The highest BCUT2D eigenvalue weighted by molar-refractivity contribution is 5.95. The number of amides is 5. The number of aromatic hydroxyl groups is 1. The van der Waals surface area contributed by atoms with Crippen molar-refractivity contribution in [2.45, 2.75) is 76.3 Å². The number of aliphatic carboxylic acids is 1. The van der Waals surface area contributed by atoms with E-state index in [-0.39, 0.29) is 25.0 Å². The fourth-order valence-corrected chi connectivity index (χ4v) is 5.33. The second-order valence-corrected chi connectivity index (χ2v) is 13.1. The molecule has 6 atom stereocenters. The van der Waals surface area contributed by atoms with Crippen LogP contribution in [-0.4, -0.2) is 93.7 Å². The molecule has 0 saturated heterocycles. The van der Waals surface area contributed by atoms with Gasteiger partial charge in [0.25, 0.3) is 0 Å². The Morgan fingerprint density at radius 2 is 1.09 bits per heavy atom. The number of aliphatic hydroxyl groups is 1. The highest BCUT2D eigenvalue weighted by Crippen LogP contribution is 2.12. The summed E-state index contributed by atoms with van der Waals surface area (Å²) in [7, 11) is 0. The number of hydrogen-bond acceptors (Lipinski definition) is 9. The van der Waals surface area contributed by atoms with Crippen molar-refractivity contribution < 1.29 is 44.1 Å². The van der Waals surface area contributed by atoms with Gasteiger partial charge in [0.1, 0.15) is 23.9 Å². The first-order chi connectivity index (χ1) is 25.1. The number of rotatable bonds is 19. The van der Waals surface area contributed by atoms with E-state index in [9.17, 15) is 44.1 Å². The molecule has 0 saturated carbocycles. The molecule has 284 valence electrons. The van der Waals surface area contributed by atoms with Crippen molar-refractivity contribution >= 4 is 35.5 Å². The first-order valence-electron chi connectivity index (χ1n) is 17.1. The number of nitrogens with one attached hydrogen (secondary N) is 5. The lowest BCUT2D eigenvalue weighted by atomic mass is 10.0. The van der Waals surface area contributed by atoms with E-state index in [1.165, 1.54) is 19.1 Å². The zero-order chi connectivity index (χ0) is 39.1. The fourth-order valence-electron chi connectivity index (χ4n) is 5.33. The lowest BCUT2D eigenvalue weighted by Gasteiger charge is -2.27. The van der Waals surface area contributed by atoms with Crippen molar-refractivity contribution in [3.63, 3.8) is 0 Å². The minimum atomic E-state index is -1.64. The van der Waals surface area contributed by atoms with Crippen LogP contribution < -0.4 is 32.3 Å². The van der Waals surface area contributed by atoms with Crippen molar-refractivity contribution in [1.29, 1.82) is 0 Å². The molecule has 0 radical (unpaired) electrons. The number of carbonyl (C=O) groups excluding carboxylic acids is 5. The number of carboxylic acid groups (broad SMARTS) is 1. The number of phenolic OH excluding ortho intramolecular Hbond substituents is 1. The first kappa shape index (κ1) is 41.6. The SMILES string of the molecule is CC(C)[C@H](NC(=O)CNC(=O)[C@H](Cc1ccc(O)cc1)NC(=O)[C@@H](N)Cc1ccccc1)C(=O)N[C@@H](Cc1ccccc1)C(=O)N[C@H](C(=O)O)[C@@H](C)O. The highest BCUT2D eigenvalue weighted by atomic mass is 16.4. The second kappa shape index (κ2) is 20.3. The molecule has 5 amide bonds. The van der Waals surface area contributed by atoms with Crippen molar-refractivity contribution in [2.75, 3.05) is 6.54 Å². The van der Waals surface area contributed by atoms with Gasteiger partial charge in [-0.1, -0.05) is 86.6 Å². The number of carbonyl (C=O) groups is 6. The summed E-state index contributed by atoms with van der Waals surface area (Å²) >= 11 is 0. The fraction of sp³-hybridized carbons (Fsp3) is 0.368. The van der Waals surface area contributed by atoms with Crippen molar-refractivity contribution in [2.24, 2.45) is 11.7 Å². The highest BCUT2D eigenvalue weighted by Gasteiger charge is 2.33. The van der Waals surface area contributed by atoms with Gasteiger partial charge in [0, 0.05) is 12.8 Å². The normalized spacial score (nSPS) is 14.4. The number of carboxylic acids is 1. The minimum Gasteiger partial charge on any atom is -0.508 e. The molecule has 15 nitrogen and oxygen atoms in total. The molecule has 0 aromatic heterocycles. The van der Waals surface area contributed by atoms with Gasteiger partial charge in [-0.2, -0.15) is 0 Å². The van der Waals surface area contributed by atoms with Crippen molar-refractivity contribution in [3.8, 4) is 5.75 Å². The third-order valence-electron chi connectivity index (χ3n) is 8.30. The van der Waals surface area contributed by atoms with Crippen LogP contribution in [0.3, 0.4) is 0 Å². The van der Waals surface area contributed by atoms with Gasteiger partial charge in [-0.15, -0.1) is 0 Å². The van der Waals surface area contributed by atoms with Crippen molar-refractivity contribution in [1.82, 2.24) is 26.6 Å². The molecular weight excluding hydrogens is 684 g/mol. The maximum Gasteiger partial charge on any atom is 0.328 e. The van der Waals surface area contributed by atoms with Crippen LogP contribution in [0.4, 0.5) is 0 Å². The van der Waals surface area contributed by atoms with Gasteiger partial charge in [-0.05, 0) is 48.1 Å². The zero-order valence-corrected chi connectivity index (χ0v) is 29.8. The first-order valence-corrected chi connectivity index (χ1v) is 17.1. The van der Waals surface area contributed by atoms with E-state index in [0.717, 1.165) is 5.56 Å². The van der Waals surface area contributed by atoms with Gasteiger partial charge in [0.2, 0.25) is 29.5 Å². The lowest BCUT2D eigenvalue weighted by Crippen LogP contribution is -2.59. The van der Waals surface area contributed by atoms with E-state index < -0.39 is 84.3 Å². The monoisotopic (exact) mass is 732 g/mol. The number of hydrogen-bond donors (Lipinski definition) is 9. The van der Waals surface area contributed by atoms with Crippen LogP contribution in [0, 0.1) is 5.92 Å². The van der Waals surface area contributed by atoms with Gasteiger partial charge >= 0.3 is 5.97 Å².